The second kappa shape index (κ2) is 8.43. The highest BCUT2D eigenvalue weighted by Crippen LogP contribution is 2.33. The van der Waals surface area contributed by atoms with Crippen LogP contribution in [0.5, 0.6) is 0 Å². The molecule has 0 rings (SSSR count). The van der Waals surface area contributed by atoms with Gasteiger partial charge in [0.1, 0.15) is 5.04 Å². The molecular weight excluding hydrogens is 332 g/mol. The molecule has 6 nitrogen and oxygen atoms in total. The van der Waals surface area contributed by atoms with Crippen molar-refractivity contribution in [2.75, 3.05) is 28.2 Å². The highest BCUT2D eigenvalue weighted by molar-refractivity contribution is 6.52. The van der Waals surface area contributed by atoms with Crippen LogP contribution >= 0.6 is 0 Å². The molecule has 0 aromatic carbocycles. The van der Waals surface area contributed by atoms with Crippen molar-refractivity contribution < 1.29 is 8.85 Å². The predicted octanol–water partition coefficient (Wildman–Crippen LogP) is 4.15. The summed E-state index contributed by atoms with van der Waals surface area (Å²) in [6.07, 6.45) is 0. The first-order valence-corrected chi connectivity index (χ1v) is 10.0. The monoisotopic (exact) mass is 371 g/mol. The minimum Gasteiger partial charge on any atom is -0.302 e. The average Bonchev–Trinajstić information content (AvgIpc) is 2.30. The normalized spacial score (nSPS) is 14.3. The van der Waals surface area contributed by atoms with Gasteiger partial charge in [0.15, 0.2) is 0 Å². The van der Waals surface area contributed by atoms with Crippen LogP contribution in [0.25, 0.3) is 0 Å². The first kappa shape index (κ1) is 23.8. The highest BCUT2D eigenvalue weighted by atomic mass is 28.3. The summed E-state index contributed by atoms with van der Waals surface area (Å²) >= 11 is 0. The fourth-order valence-corrected chi connectivity index (χ4v) is 3.21. The van der Waals surface area contributed by atoms with E-state index >= 15 is 0 Å². The molecule has 0 unspecified atom stereocenters. The Bertz CT molecular complexity index is 443. The molecule has 0 N–H and O–H groups in total. The minimum absolute atomic E-state index is 0.151. The van der Waals surface area contributed by atoms with Gasteiger partial charge in [0.2, 0.25) is 0 Å². The first-order valence-electron chi connectivity index (χ1n) is 8.70. The van der Waals surface area contributed by atoms with Crippen LogP contribution in [0, 0.1) is 10.8 Å². The molecule has 0 fully saturated rings. The third-order valence-electron chi connectivity index (χ3n) is 2.86. The van der Waals surface area contributed by atoms with E-state index in [9.17, 15) is 0 Å². The molecule has 0 radical (unpaired) electrons. The molecular formula is C18H39N4O2Si+. The van der Waals surface area contributed by atoms with E-state index in [1.807, 2.05) is 28.2 Å². The third-order valence-corrected chi connectivity index (χ3v) is 4.84. The molecule has 25 heavy (non-hydrogen) atoms. The van der Waals surface area contributed by atoms with Gasteiger partial charge in [0, 0.05) is 39.0 Å². The molecule has 0 aliphatic heterocycles. The minimum atomic E-state index is -1.73. The van der Waals surface area contributed by atoms with Gasteiger partial charge in [-0.2, -0.15) is 0 Å². The number of hydrogen-bond donors (Lipinski definition) is 0. The maximum atomic E-state index is 6.39. The standard InChI is InChI=1S/C18H39N4O2Si/c1-16(2,3)14(19-21(10)11)23-25(18(7,8)9)24-15(17(4,5)6)20-22(12)13/h1-13H3/q+1/b19-14+,20-15+. The van der Waals surface area contributed by atoms with Crippen LogP contribution in [0.1, 0.15) is 62.3 Å². The van der Waals surface area contributed by atoms with Crippen molar-refractivity contribution in [3.8, 4) is 0 Å². The van der Waals surface area contributed by atoms with Crippen molar-refractivity contribution in [1.82, 2.24) is 10.0 Å². The lowest BCUT2D eigenvalue weighted by molar-refractivity contribution is 0.289. The second-order valence-electron chi connectivity index (χ2n) is 9.75. The largest absolute Gasteiger partial charge is 0.788 e. The van der Waals surface area contributed by atoms with E-state index in [0.29, 0.717) is 11.8 Å². The van der Waals surface area contributed by atoms with Gasteiger partial charge in [-0.1, -0.05) is 41.5 Å². The van der Waals surface area contributed by atoms with Crippen molar-refractivity contribution in [1.29, 1.82) is 0 Å². The summed E-state index contributed by atoms with van der Waals surface area (Å²) in [7, 11) is 5.86. The molecule has 0 bridgehead atoms. The Hall–Kier alpha value is -1.24. The molecule has 0 saturated carbocycles. The maximum Gasteiger partial charge on any atom is 0.788 e. The van der Waals surface area contributed by atoms with Crippen LogP contribution in [0.15, 0.2) is 10.2 Å². The Morgan fingerprint density at radius 1 is 0.640 bits per heavy atom. The van der Waals surface area contributed by atoms with Crippen molar-refractivity contribution >= 4 is 21.1 Å². The van der Waals surface area contributed by atoms with Crippen molar-refractivity contribution in [2.24, 2.45) is 21.0 Å². The van der Waals surface area contributed by atoms with Gasteiger partial charge in [-0.25, -0.2) is 0 Å². The molecule has 146 valence electrons. The molecule has 0 atom stereocenters. The van der Waals surface area contributed by atoms with Gasteiger partial charge >= 0.3 is 9.28 Å². The third kappa shape index (κ3) is 9.14. The van der Waals surface area contributed by atoms with Crippen LogP contribution in [0.4, 0.5) is 0 Å². The average molecular weight is 372 g/mol. The molecule has 0 aliphatic carbocycles. The fourth-order valence-electron chi connectivity index (χ4n) is 1.51. The lowest BCUT2D eigenvalue weighted by Gasteiger charge is -2.25. The summed E-state index contributed by atoms with van der Waals surface area (Å²) in [5.74, 6) is 1.36. The zero-order chi connectivity index (χ0) is 20.2. The molecule has 0 aliphatic rings. The van der Waals surface area contributed by atoms with E-state index < -0.39 is 9.28 Å². The zero-order valence-corrected chi connectivity index (χ0v) is 19.6. The molecule has 7 heteroatoms. The summed E-state index contributed by atoms with van der Waals surface area (Å²) in [5, 5.41) is 12.5. The van der Waals surface area contributed by atoms with Crippen LogP contribution in [0.2, 0.25) is 5.04 Å². The first-order chi connectivity index (χ1) is 10.9. The van der Waals surface area contributed by atoms with Gasteiger partial charge in [-0.15, -0.1) is 10.2 Å². The summed E-state index contributed by atoms with van der Waals surface area (Å²) in [5.41, 5.74) is -0.426. The van der Waals surface area contributed by atoms with Crippen LogP contribution in [0.3, 0.4) is 0 Å². The molecule has 0 aromatic heterocycles. The SMILES string of the molecule is CN(C)/N=C(/O[Si+](O/C(=N/N(C)C)C(C)(C)C)C(C)(C)C)C(C)(C)C. The van der Waals surface area contributed by atoms with Gasteiger partial charge < -0.3 is 8.85 Å². The summed E-state index contributed by atoms with van der Waals surface area (Å²) < 4.78 is 12.8. The zero-order valence-electron chi connectivity index (χ0n) is 18.6. The Morgan fingerprint density at radius 3 is 1.08 bits per heavy atom. The second-order valence-corrected chi connectivity index (χ2v) is 12.2. The summed E-state index contributed by atoms with van der Waals surface area (Å²) in [4.78, 5) is 0. The lowest BCUT2D eigenvalue weighted by atomic mass is 9.97. The van der Waals surface area contributed by atoms with Gasteiger partial charge in [0.25, 0.3) is 11.8 Å². The fraction of sp³-hybridized carbons (Fsp3) is 0.889. The maximum absolute atomic E-state index is 6.39. The van der Waals surface area contributed by atoms with Crippen LogP contribution in [-0.4, -0.2) is 59.3 Å². The molecule has 0 amide bonds. The van der Waals surface area contributed by atoms with Gasteiger partial charge in [0.05, 0.1) is 0 Å². The summed E-state index contributed by atoms with van der Waals surface area (Å²) in [6, 6.07) is 0. The molecule has 0 spiro atoms. The highest BCUT2D eigenvalue weighted by Gasteiger charge is 2.56. The number of nitrogens with zero attached hydrogens (tertiary/aromatic N) is 4. The van der Waals surface area contributed by atoms with E-state index in [-0.39, 0.29) is 15.9 Å². The number of hydrazone groups is 2. The topological polar surface area (TPSA) is 49.7 Å². The lowest BCUT2D eigenvalue weighted by Crippen LogP contribution is -2.43. The molecule has 0 aromatic rings. The van der Waals surface area contributed by atoms with E-state index in [0.717, 1.165) is 0 Å². The van der Waals surface area contributed by atoms with E-state index in [1.54, 1.807) is 10.0 Å². The van der Waals surface area contributed by atoms with Crippen LogP contribution in [-0.2, 0) is 8.85 Å². The predicted molar refractivity (Wildman–Crippen MR) is 109 cm³/mol. The molecule has 0 saturated heterocycles. The van der Waals surface area contributed by atoms with Crippen LogP contribution < -0.4 is 0 Å². The Labute approximate surface area is 157 Å². The number of hydrogen-bond acceptors (Lipinski definition) is 6. The van der Waals surface area contributed by atoms with E-state index in [1.165, 1.54) is 0 Å². The Kier molecular flexibility index (Phi) is 8.01. The molecule has 0 heterocycles. The smallest absolute Gasteiger partial charge is 0.302 e. The van der Waals surface area contributed by atoms with Gasteiger partial charge in [-0.3, -0.25) is 10.0 Å². The van der Waals surface area contributed by atoms with Crippen molar-refractivity contribution in [3.63, 3.8) is 0 Å². The van der Waals surface area contributed by atoms with Crippen molar-refractivity contribution in [2.45, 2.75) is 67.4 Å². The van der Waals surface area contributed by atoms with E-state index in [2.05, 4.69) is 72.5 Å². The van der Waals surface area contributed by atoms with Crippen molar-refractivity contribution in [3.05, 3.63) is 0 Å². The van der Waals surface area contributed by atoms with E-state index in [4.69, 9.17) is 8.85 Å². The number of rotatable bonds is 4. The summed E-state index contributed by atoms with van der Waals surface area (Å²) in [6.45, 7) is 19.0. The Balaban J connectivity index is 5.81. The quantitative estimate of drug-likeness (QED) is 0.322. The van der Waals surface area contributed by atoms with Gasteiger partial charge in [-0.05, 0) is 20.8 Å². The Morgan fingerprint density at radius 2 is 0.920 bits per heavy atom.